The summed E-state index contributed by atoms with van der Waals surface area (Å²) in [5.41, 5.74) is 3.48. The minimum atomic E-state index is -0.236. The molecule has 0 unspecified atom stereocenters. The van der Waals surface area contributed by atoms with Gasteiger partial charge in [0.2, 0.25) is 0 Å². The van der Waals surface area contributed by atoms with E-state index in [1.54, 1.807) is 25.1 Å². The van der Waals surface area contributed by atoms with Gasteiger partial charge in [-0.25, -0.2) is 0 Å². The molecular weight excluding hydrogens is 250 g/mol. The molecule has 0 spiro atoms. The lowest BCUT2D eigenvalue weighted by molar-refractivity contribution is 0.0951. The Morgan fingerprint density at radius 3 is 2.50 bits per heavy atom. The number of para-hydroxylation sites is 1. The number of amides is 1. The van der Waals surface area contributed by atoms with Crippen LogP contribution in [0, 0.1) is 13.8 Å². The lowest BCUT2D eigenvalue weighted by Gasteiger charge is -2.09. The van der Waals surface area contributed by atoms with Gasteiger partial charge in [0.05, 0.1) is 5.56 Å². The first-order valence-corrected chi connectivity index (χ1v) is 6.71. The quantitative estimate of drug-likeness (QED) is 0.896. The van der Waals surface area contributed by atoms with Crippen molar-refractivity contribution < 1.29 is 9.90 Å². The molecule has 0 fully saturated rings. The van der Waals surface area contributed by atoms with E-state index in [0.717, 1.165) is 6.42 Å². The number of phenolic OH excluding ortho intramolecular Hbond substituents is 1. The summed E-state index contributed by atoms with van der Waals surface area (Å²) in [6.07, 6.45) is 0.783. The van der Waals surface area contributed by atoms with Gasteiger partial charge < -0.3 is 10.4 Å². The Balaban J connectivity index is 1.96. The molecule has 0 heterocycles. The Labute approximate surface area is 119 Å². The molecule has 2 aromatic carbocycles. The molecular formula is C17H19NO2. The molecule has 0 bridgehead atoms. The van der Waals surface area contributed by atoms with Crippen molar-refractivity contribution in [2.75, 3.05) is 6.54 Å². The zero-order valence-corrected chi connectivity index (χ0v) is 11.8. The molecule has 1 amide bonds. The predicted molar refractivity (Wildman–Crippen MR) is 80.1 cm³/mol. The molecule has 0 aliphatic rings. The van der Waals surface area contributed by atoms with E-state index in [-0.39, 0.29) is 11.7 Å². The topological polar surface area (TPSA) is 49.3 Å². The highest BCUT2D eigenvalue weighted by atomic mass is 16.3. The number of rotatable bonds is 4. The average molecular weight is 269 g/mol. The number of carbonyl (C=O) groups excluding carboxylic acids is 1. The van der Waals surface area contributed by atoms with Crippen LogP contribution in [0.4, 0.5) is 0 Å². The summed E-state index contributed by atoms with van der Waals surface area (Å²) in [5, 5.41) is 12.7. The molecule has 0 aromatic heterocycles. The fourth-order valence-electron chi connectivity index (χ4n) is 2.14. The number of carbonyl (C=O) groups is 1. The van der Waals surface area contributed by atoms with Gasteiger partial charge in [-0.1, -0.05) is 36.4 Å². The zero-order valence-electron chi connectivity index (χ0n) is 11.8. The standard InChI is InChI=1S/C17H19NO2/c1-12-6-3-4-8-14(12)10-11-18-17(20)15-9-5-7-13(2)16(15)19/h3-9,19H,10-11H2,1-2H3,(H,18,20). The van der Waals surface area contributed by atoms with Gasteiger partial charge in [0.1, 0.15) is 5.75 Å². The molecule has 3 heteroatoms. The molecule has 0 radical (unpaired) electrons. The normalized spacial score (nSPS) is 10.3. The Morgan fingerprint density at radius 2 is 1.75 bits per heavy atom. The summed E-state index contributed by atoms with van der Waals surface area (Å²) in [7, 11) is 0. The van der Waals surface area contributed by atoms with Crippen molar-refractivity contribution in [3.8, 4) is 5.75 Å². The van der Waals surface area contributed by atoms with Gasteiger partial charge in [0, 0.05) is 6.54 Å². The summed E-state index contributed by atoms with van der Waals surface area (Å²) in [6, 6.07) is 13.3. The lowest BCUT2D eigenvalue weighted by atomic mass is 10.1. The Kier molecular flexibility index (Phi) is 4.41. The van der Waals surface area contributed by atoms with Gasteiger partial charge in [0.25, 0.3) is 5.91 Å². The van der Waals surface area contributed by atoms with Crippen molar-refractivity contribution in [3.05, 3.63) is 64.7 Å². The van der Waals surface area contributed by atoms with Gasteiger partial charge >= 0.3 is 0 Å². The second-order valence-corrected chi connectivity index (χ2v) is 4.90. The van der Waals surface area contributed by atoms with Gasteiger partial charge in [-0.05, 0) is 43.0 Å². The van der Waals surface area contributed by atoms with Crippen molar-refractivity contribution in [2.24, 2.45) is 0 Å². The molecule has 0 aliphatic carbocycles. The molecule has 3 nitrogen and oxygen atoms in total. The van der Waals surface area contributed by atoms with Crippen LogP contribution in [0.2, 0.25) is 0 Å². The summed E-state index contributed by atoms with van der Waals surface area (Å²) in [4.78, 5) is 12.0. The second kappa shape index (κ2) is 6.24. The van der Waals surface area contributed by atoms with Crippen LogP contribution in [-0.4, -0.2) is 17.6 Å². The maximum absolute atomic E-state index is 12.0. The zero-order chi connectivity index (χ0) is 14.5. The molecule has 104 valence electrons. The van der Waals surface area contributed by atoms with Gasteiger partial charge in [0.15, 0.2) is 0 Å². The number of benzene rings is 2. The first-order valence-electron chi connectivity index (χ1n) is 6.71. The first kappa shape index (κ1) is 14.1. The van der Waals surface area contributed by atoms with Crippen LogP contribution < -0.4 is 5.32 Å². The van der Waals surface area contributed by atoms with Crippen LogP contribution in [-0.2, 0) is 6.42 Å². The van der Waals surface area contributed by atoms with Crippen LogP contribution in [0.1, 0.15) is 27.0 Å². The smallest absolute Gasteiger partial charge is 0.255 e. The SMILES string of the molecule is Cc1ccccc1CCNC(=O)c1cccc(C)c1O. The minimum absolute atomic E-state index is 0.0564. The third-order valence-electron chi connectivity index (χ3n) is 3.42. The molecule has 0 aliphatic heterocycles. The van der Waals surface area contributed by atoms with Crippen LogP contribution >= 0.6 is 0 Å². The largest absolute Gasteiger partial charge is 0.507 e. The van der Waals surface area contributed by atoms with Crippen molar-refractivity contribution in [1.29, 1.82) is 0 Å². The summed E-state index contributed by atoms with van der Waals surface area (Å²) < 4.78 is 0. The van der Waals surface area contributed by atoms with Gasteiger partial charge in [-0.3, -0.25) is 4.79 Å². The van der Waals surface area contributed by atoms with E-state index in [2.05, 4.69) is 24.4 Å². The van der Waals surface area contributed by atoms with Crippen molar-refractivity contribution in [2.45, 2.75) is 20.3 Å². The predicted octanol–water partition coefficient (Wildman–Crippen LogP) is 2.98. The molecule has 0 saturated heterocycles. The van der Waals surface area contributed by atoms with E-state index < -0.39 is 0 Å². The van der Waals surface area contributed by atoms with E-state index in [1.807, 2.05) is 12.1 Å². The third-order valence-corrected chi connectivity index (χ3v) is 3.42. The second-order valence-electron chi connectivity index (χ2n) is 4.90. The molecule has 2 N–H and O–H groups in total. The molecule has 0 saturated carbocycles. The van der Waals surface area contributed by atoms with Crippen molar-refractivity contribution >= 4 is 5.91 Å². The monoisotopic (exact) mass is 269 g/mol. The number of aryl methyl sites for hydroxylation is 2. The number of hydrogen-bond acceptors (Lipinski definition) is 2. The van der Waals surface area contributed by atoms with Crippen LogP contribution in [0.15, 0.2) is 42.5 Å². The Morgan fingerprint density at radius 1 is 1.05 bits per heavy atom. The first-order chi connectivity index (χ1) is 9.59. The molecule has 2 aromatic rings. The molecule has 2 rings (SSSR count). The number of nitrogens with one attached hydrogen (secondary N) is 1. The number of phenols is 1. The average Bonchev–Trinajstić information content (AvgIpc) is 2.44. The van der Waals surface area contributed by atoms with Crippen LogP contribution in [0.25, 0.3) is 0 Å². The maximum Gasteiger partial charge on any atom is 0.255 e. The van der Waals surface area contributed by atoms with Crippen molar-refractivity contribution in [3.63, 3.8) is 0 Å². The minimum Gasteiger partial charge on any atom is -0.507 e. The summed E-state index contributed by atoms with van der Waals surface area (Å²) in [6.45, 7) is 4.39. The van der Waals surface area contributed by atoms with Crippen LogP contribution in [0.5, 0.6) is 5.75 Å². The summed E-state index contributed by atoms with van der Waals surface area (Å²) >= 11 is 0. The summed E-state index contributed by atoms with van der Waals surface area (Å²) in [5.74, 6) is -0.180. The fourth-order valence-corrected chi connectivity index (χ4v) is 2.14. The lowest BCUT2D eigenvalue weighted by Crippen LogP contribution is -2.26. The molecule has 20 heavy (non-hydrogen) atoms. The Hall–Kier alpha value is -2.29. The van der Waals surface area contributed by atoms with E-state index in [9.17, 15) is 9.90 Å². The fraction of sp³-hybridized carbons (Fsp3) is 0.235. The van der Waals surface area contributed by atoms with E-state index in [1.165, 1.54) is 11.1 Å². The maximum atomic E-state index is 12.0. The highest BCUT2D eigenvalue weighted by molar-refractivity contribution is 5.97. The van der Waals surface area contributed by atoms with E-state index in [4.69, 9.17) is 0 Å². The Bertz CT molecular complexity index is 620. The number of aromatic hydroxyl groups is 1. The van der Waals surface area contributed by atoms with Gasteiger partial charge in [-0.2, -0.15) is 0 Å². The highest BCUT2D eigenvalue weighted by Crippen LogP contribution is 2.21. The third kappa shape index (κ3) is 3.18. The van der Waals surface area contributed by atoms with Gasteiger partial charge in [-0.15, -0.1) is 0 Å². The van der Waals surface area contributed by atoms with Crippen LogP contribution in [0.3, 0.4) is 0 Å². The molecule has 0 atom stereocenters. The number of hydrogen-bond donors (Lipinski definition) is 2. The van der Waals surface area contributed by atoms with Crippen molar-refractivity contribution in [1.82, 2.24) is 5.32 Å². The van der Waals surface area contributed by atoms with E-state index in [0.29, 0.717) is 17.7 Å². The van der Waals surface area contributed by atoms with E-state index >= 15 is 0 Å². The highest BCUT2D eigenvalue weighted by Gasteiger charge is 2.11.